The monoisotopic (exact) mass is 393 g/mol. The van der Waals surface area contributed by atoms with E-state index in [9.17, 15) is 4.79 Å². The van der Waals surface area contributed by atoms with Crippen LogP contribution in [0, 0.1) is 6.92 Å². The molecule has 2 aromatic heterocycles. The molecule has 0 bridgehead atoms. The standard InChI is InChI=1S/C19H20N4OS.C2H6.B/c1-12-14(10-17-19(22-12)23-18(20-2)11-21-17)9-15(24)8-13-4-6-16(25-3)7-5-13;1-2;/h4-7,10-11H,8-9H2,1-3H3,(H,20,22,23);1-2H3;. The van der Waals surface area contributed by atoms with Crippen molar-refractivity contribution in [2.24, 2.45) is 0 Å². The lowest BCUT2D eigenvalue weighted by atomic mass is 10.0. The van der Waals surface area contributed by atoms with E-state index in [1.165, 1.54) is 4.90 Å². The number of carbonyl (C=O) groups is 1. The quantitative estimate of drug-likeness (QED) is 0.503. The molecule has 0 aliphatic heterocycles. The molecular weight excluding hydrogens is 367 g/mol. The van der Waals surface area contributed by atoms with Gasteiger partial charge in [-0.25, -0.2) is 15.0 Å². The van der Waals surface area contributed by atoms with Gasteiger partial charge in [0.1, 0.15) is 17.1 Å². The summed E-state index contributed by atoms with van der Waals surface area (Å²) in [7, 11) is 1.79. The van der Waals surface area contributed by atoms with Gasteiger partial charge >= 0.3 is 0 Å². The first kappa shape index (κ1) is 23.6. The molecule has 3 rings (SSSR count). The van der Waals surface area contributed by atoms with Crippen molar-refractivity contribution >= 4 is 42.9 Å². The second-order valence-corrected chi connectivity index (χ2v) is 6.70. The zero-order valence-corrected chi connectivity index (χ0v) is 17.9. The van der Waals surface area contributed by atoms with Crippen LogP contribution in [0.1, 0.15) is 30.7 Å². The van der Waals surface area contributed by atoms with E-state index in [0.717, 1.165) is 16.8 Å². The van der Waals surface area contributed by atoms with E-state index < -0.39 is 0 Å². The number of nitrogens with one attached hydrogen (secondary N) is 1. The van der Waals surface area contributed by atoms with E-state index in [1.807, 2.05) is 57.4 Å². The first-order chi connectivity index (χ1) is 13.1. The fraction of sp³-hybridized carbons (Fsp3) is 0.333. The van der Waals surface area contributed by atoms with Gasteiger partial charge in [-0.15, -0.1) is 11.8 Å². The number of thioether (sulfide) groups is 1. The van der Waals surface area contributed by atoms with Crippen molar-refractivity contribution in [1.29, 1.82) is 0 Å². The maximum atomic E-state index is 12.4. The van der Waals surface area contributed by atoms with Crippen LogP contribution >= 0.6 is 11.8 Å². The number of aryl methyl sites for hydroxylation is 1. The highest BCUT2D eigenvalue weighted by atomic mass is 32.2. The van der Waals surface area contributed by atoms with Crippen LogP contribution in [-0.2, 0) is 17.6 Å². The highest BCUT2D eigenvalue weighted by molar-refractivity contribution is 7.98. The van der Waals surface area contributed by atoms with Gasteiger partial charge in [-0.1, -0.05) is 26.0 Å². The first-order valence-corrected chi connectivity index (χ1v) is 10.3. The van der Waals surface area contributed by atoms with Crippen molar-refractivity contribution in [3.8, 4) is 0 Å². The summed E-state index contributed by atoms with van der Waals surface area (Å²) in [5.41, 5.74) is 4.06. The van der Waals surface area contributed by atoms with Crippen molar-refractivity contribution in [3.63, 3.8) is 0 Å². The number of rotatable bonds is 6. The molecule has 5 nitrogen and oxygen atoms in total. The number of hydrogen-bond acceptors (Lipinski definition) is 6. The average Bonchev–Trinajstić information content (AvgIpc) is 2.70. The number of ketones is 1. The molecule has 0 fully saturated rings. The van der Waals surface area contributed by atoms with Crippen LogP contribution in [0.15, 0.2) is 41.4 Å². The van der Waals surface area contributed by atoms with E-state index in [1.54, 1.807) is 25.0 Å². The average molecular weight is 393 g/mol. The van der Waals surface area contributed by atoms with Crippen LogP contribution in [0.4, 0.5) is 5.82 Å². The van der Waals surface area contributed by atoms with Crippen molar-refractivity contribution in [1.82, 2.24) is 15.0 Å². The Balaban J connectivity index is 0.00000127. The number of fused-ring (bicyclic) bond motifs is 1. The molecule has 28 heavy (non-hydrogen) atoms. The summed E-state index contributed by atoms with van der Waals surface area (Å²) >= 11 is 1.69. The molecule has 0 aliphatic rings. The van der Waals surface area contributed by atoms with E-state index in [-0.39, 0.29) is 14.2 Å². The van der Waals surface area contributed by atoms with Gasteiger partial charge in [-0.05, 0) is 42.5 Å². The Morgan fingerprint density at radius 1 is 1.11 bits per heavy atom. The van der Waals surface area contributed by atoms with Crippen LogP contribution in [-0.4, -0.2) is 42.5 Å². The Morgan fingerprint density at radius 2 is 1.79 bits per heavy atom. The Hall–Kier alpha value is -2.41. The van der Waals surface area contributed by atoms with Gasteiger partial charge in [-0.3, -0.25) is 4.79 Å². The predicted molar refractivity (Wildman–Crippen MR) is 119 cm³/mol. The van der Waals surface area contributed by atoms with Gasteiger partial charge in [-0.2, -0.15) is 0 Å². The van der Waals surface area contributed by atoms with Crippen LogP contribution < -0.4 is 5.32 Å². The topological polar surface area (TPSA) is 67.8 Å². The SMILES string of the molecule is CC.CNc1cnc2cc(CC(=O)Cc3ccc(SC)cc3)c(C)nc2n1.[B]. The second-order valence-electron chi connectivity index (χ2n) is 5.82. The van der Waals surface area contributed by atoms with Crippen molar-refractivity contribution in [3.05, 3.63) is 53.3 Å². The molecule has 2 heterocycles. The molecule has 1 N–H and O–H groups in total. The Morgan fingerprint density at radius 3 is 2.39 bits per heavy atom. The zero-order chi connectivity index (χ0) is 19.8. The van der Waals surface area contributed by atoms with Crippen LogP contribution in [0.3, 0.4) is 0 Å². The normalized spacial score (nSPS) is 9.89. The van der Waals surface area contributed by atoms with E-state index in [2.05, 4.69) is 20.3 Å². The van der Waals surface area contributed by atoms with Crippen LogP contribution in [0.5, 0.6) is 0 Å². The van der Waals surface area contributed by atoms with Gasteiger partial charge in [0, 0.05) is 38.9 Å². The lowest BCUT2D eigenvalue weighted by molar-refractivity contribution is -0.117. The lowest BCUT2D eigenvalue weighted by Crippen LogP contribution is -2.09. The third-order valence-corrected chi connectivity index (χ3v) is 4.78. The summed E-state index contributed by atoms with van der Waals surface area (Å²) in [6.45, 7) is 5.91. The summed E-state index contributed by atoms with van der Waals surface area (Å²) in [6.07, 6.45) is 4.49. The number of carbonyl (C=O) groups excluding carboxylic acids is 1. The summed E-state index contributed by atoms with van der Waals surface area (Å²) < 4.78 is 0. The molecule has 3 radical (unpaired) electrons. The maximum Gasteiger partial charge on any atom is 0.180 e. The minimum Gasteiger partial charge on any atom is -0.372 e. The van der Waals surface area contributed by atoms with Crippen molar-refractivity contribution in [2.45, 2.75) is 38.5 Å². The van der Waals surface area contributed by atoms with Gasteiger partial charge < -0.3 is 5.32 Å². The van der Waals surface area contributed by atoms with E-state index in [4.69, 9.17) is 0 Å². The highest BCUT2D eigenvalue weighted by Gasteiger charge is 2.11. The number of benzene rings is 1. The minimum absolute atomic E-state index is 0. The minimum atomic E-state index is 0. The summed E-state index contributed by atoms with van der Waals surface area (Å²) in [5.74, 6) is 0.845. The van der Waals surface area contributed by atoms with E-state index in [0.29, 0.717) is 29.8 Å². The number of pyridine rings is 1. The summed E-state index contributed by atoms with van der Waals surface area (Å²) in [4.78, 5) is 26.9. The van der Waals surface area contributed by atoms with Gasteiger partial charge in [0.15, 0.2) is 5.65 Å². The molecule has 0 atom stereocenters. The molecule has 0 saturated carbocycles. The van der Waals surface area contributed by atoms with Gasteiger partial charge in [0.25, 0.3) is 0 Å². The number of anilines is 1. The third-order valence-electron chi connectivity index (χ3n) is 4.03. The van der Waals surface area contributed by atoms with Gasteiger partial charge in [0.05, 0.1) is 6.20 Å². The molecule has 7 heteroatoms. The zero-order valence-electron chi connectivity index (χ0n) is 17.1. The number of aromatic nitrogens is 3. The van der Waals surface area contributed by atoms with E-state index >= 15 is 0 Å². The molecule has 0 saturated heterocycles. The fourth-order valence-electron chi connectivity index (χ4n) is 2.62. The lowest BCUT2D eigenvalue weighted by Gasteiger charge is -2.08. The largest absolute Gasteiger partial charge is 0.372 e. The molecular formula is C21H26BN4OS. The summed E-state index contributed by atoms with van der Waals surface area (Å²) in [6, 6.07) is 10.0. The highest BCUT2D eigenvalue weighted by Crippen LogP contribution is 2.18. The second kappa shape index (κ2) is 11.4. The Bertz CT molecular complexity index is 916. The van der Waals surface area contributed by atoms with Crippen molar-refractivity contribution < 1.29 is 4.79 Å². The number of Topliss-reactive ketones (excluding diaryl/α,β-unsaturated/α-hetero) is 1. The number of hydrogen-bond donors (Lipinski definition) is 1. The Labute approximate surface area is 173 Å². The smallest absolute Gasteiger partial charge is 0.180 e. The molecule has 0 unspecified atom stereocenters. The molecule has 145 valence electrons. The fourth-order valence-corrected chi connectivity index (χ4v) is 3.03. The first-order valence-electron chi connectivity index (χ1n) is 9.04. The molecule has 3 aromatic rings. The number of nitrogens with zero attached hydrogens (tertiary/aromatic N) is 3. The van der Waals surface area contributed by atoms with Gasteiger partial charge in [0.2, 0.25) is 0 Å². The van der Waals surface area contributed by atoms with Crippen molar-refractivity contribution in [2.75, 3.05) is 18.6 Å². The Kier molecular flexibility index (Phi) is 9.66. The van der Waals surface area contributed by atoms with Crippen LogP contribution in [0.2, 0.25) is 0 Å². The van der Waals surface area contributed by atoms with Crippen LogP contribution in [0.25, 0.3) is 11.2 Å². The molecule has 0 aliphatic carbocycles. The predicted octanol–water partition coefficient (Wildman–Crippen LogP) is 4.10. The molecule has 0 spiro atoms. The third kappa shape index (κ3) is 6.06. The molecule has 1 aromatic carbocycles. The maximum absolute atomic E-state index is 12.4. The molecule has 0 amide bonds. The summed E-state index contributed by atoms with van der Waals surface area (Å²) in [5, 5.41) is 2.95.